The molecule has 0 aliphatic heterocycles. The summed E-state index contributed by atoms with van der Waals surface area (Å²) in [5.41, 5.74) is 11.4. The van der Waals surface area contributed by atoms with Crippen molar-refractivity contribution < 1.29 is 34.2 Å². The Balaban J connectivity index is 2.77. The van der Waals surface area contributed by atoms with Gasteiger partial charge in [-0.05, 0) is 49.9 Å². The van der Waals surface area contributed by atoms with Crippen LogP contribution in [-0.2, 0) is 30.4 Å². The van der Waals surface area contributed by atoms with Crippen LogP contribution in [0.3, 0.4) is 0 Å². The number of hydrogen-bond donors (Lipinski definition) is 10. The number of carbonyl (C=O) groups is 5. The van der Waals surface area contributed by atoms with E-state index in [0.29, 0.717) is 19.3 Å². The molecule has 5 amide bonds. The molecule has 0 spiro atoms. The van der Waals surface area contributed by atoms with Gasteiger partial charge in [0.1, 0.15) is 23.9 Å². The fourth-order valence-electron chi connectivity index (χ4n) is 4.09. The van der Waals surface area contributed by atoms with Crippen LogP contribution in [-0.4, -0.2) is 104 Å². The molecule has 44 heavy (non-hydrogen) atoms. The van der Waals surface area contributed by atoms with Gasteiger partial charge in [-0.2, -0.15) is 0 Å². The first-order valence-corrected chi connectivity index (χ1v) is 14.4. The van der Waals surface area contributed by atoms with E-state index in [1.165, 1.54) is 19.2 Å². The zero-order valence-corrected chi connectivity index (χ0v) is 25.7. The van der Waals surface area contributed by atoms with E-state index < -0.39 is 66.9 Å². The van der Waals surface area contributed by atoms with Gasteiger partial charge in [0, 0.05) is 13.6 Å². The molecule has 1 rings (SSSR count). The van der Waals surface area contributed by atoms with Gasteiger partial charge in [-0.15, -0.1) is 0 Å². The molecule has 0 aromatic heterocycles. The number of benzene rings is 1. The predicted octanol–water partition coefficient (Wildman–Crippen LogP) is -3.07. The van der Waals surface area contributed by atoms with Gasteiger partial charge >= 0.3 is 0 Å². The van der Waals surface area contributed by atoms with Crippen LogP contribution in [0.1, 0.15) is 38.7 Å². The van der Waals surface area contributed by atoms with E-state index in [2.05, 4.69) is 36.9 Å². The van der Waals surface area contributed by atoms with E-state index in [1.807, 2.05) is 6.92 Å². The fourth-order valence-corrected chi connectivity index (χ4v) is 4.09. The summed E-state index contributed by atoms with van der Waals surface area (Å²) in [6.45, 7) is 2.57. The summed E-state index contributed by atoms with van der Waals surface area (Å²) in [7, 11) is 3.01. The number of carbonyl (C=O) groups excluding carboxylic acids is 5. The average Bonchev–Trinajstić information content (AvgIpc) is 3.01. The highest BCUT2D eigenvalue weighted by Crippen LogP contribution is 2.13. The molecule has 16 nitrogen and oxygen atoms in total. The van der Waals surface area contributed by atoms with Crippen molar-refractivity contribution in [2.45, 2.75) is 63.7 Å². The third kappa shape index (κ3) is 13.2. The molecule has 0 aliphatic carbocycles. The number of aromatic hydroxyl groups is 1. The van der Waals surface area contributed by atoms with Crippen LogP contribution in [0.15, 0.2) is 29.3 Å². The minimum Gasteiger partial charge on any atom is -0.508 e. The molecule has 246 valence electrons. The van der Waals surface area contributed by atoms with E-state index in [-0.39, 0.29) is 30.6 Å². The van der Waals surface area contributed by atoms with E-state index >= 15 is 0 Å². The Morgan fingerprint density at radius 2 is 1.52 bits per heavy atom. The highest BCUT2D eigenvalue weighted by Gasteiger charge is 2.30. The van der Waals surface area contributed by atoms with Gasteiger partial charge < -0.3 is 53.6 Å². The number of amides is 5. The largest absolute Gasteiger partial charge is 0.508 e. The van der Waals surface area contributed by atoms with Gasteiger partial charge in [-0.1, -0.05) is 32.4 Å². The average molecular weight is 622 g/mol. The summed E-state index contributed by atoms with van der Waals surface area (Å²) >= 11 is 0. The van der Waals surface area contributed by atoms with Gasteiger partial charge in [0.25, 0.3) is 0 Å². The second-order valence-electron chi connectivity index (χ2n) is 10.2. The molecule has 1 aromatic rings. The molecule has 0 aliphatic rings. The van der Waals surface area contributed by atoms with Gasteiger partial charge in [0.2, 0.25) is 29.5 Å². The summed E-state index contributed by atoms with van der Waals surface area (Å²) < 4.78 is 0. The Bertz CT molecular complexity index is 1130. The van der Waals surface area contributed by atoms with Crippen molar-refractivity contribution in [1.82, 2.24) is 31.9 Å². The van der Waals surface area contributed by atoms with Gasteiger partial charge in [0.15, 0.2) is 5.96 Å². The predicted molar refractivity (Wildman–Crippen MR) is 164 cm³/mol. The van der Waals surface area contributed by atoms with Crippen molar-refractivity contribution in [2.75, 3.05) is 33.8 Å². The smallest absolute Gasteiger partial charge is 0.245 e. The molecule has 5 unspecified atom stereocenters. The third-order valence-electron chi connectivity index (χ3n) is 6.92. The SMILES string of the molecule is CCC(C)C(NC(=O)C(Cc1ccc(O)cc1)NC)C(=O)NCC(=O)NC(CO)C(=O)NC(CCCN=C(N)N)C(=O)NC. The second-order valence-corrected chi connectivity index (χ2v) is 10.2. The highest BCUT2D eigenvalue weighted by atomic mass is 16.3. The maximum Gasteiger partial charge on any atom is 0.245 e. The molecule has 0 fully saturated rings. The second kappa shape index (κ2) is 19.7. The summed E-state index contributed by atoms with van der Waals surface area (Å²) in [6, 6.07) is 2.42. The lowest BCUT2D eigenvalue weighted by molar-refractivity contribution is -0.134. The molecule has 0 saturated carbocycles. The van der Waals surface area contributed by atoms with Crippen molar-refractivity contribution >= 4 is 35.5 Å². The Hall–Kier alpha value is -4.44. The lowest BCUT2D eigenvalue weighted by atomic mass is 9.97. The van der Waals surface area contributed by atoms with Crippen LogP contribution in [0.5, 0.6) is 5.75 Å². The Labute approximate surface area is 257 Å². The first kappa shape index (κ1) is 37.6. The van der Waals surface area contributed by atoms with Crippen molar-refractivity contribution in [2.24, 2.45) is 22.4 Å². The number of phenolic OH excluding ortho intramolecular Hbond substituents is 1. The number of aliphatic hydroxyl groups excluding tert-OH is 1. The Kier molecular flexibility index (Phi) is 16.8. The number of guanidine groups is 1. The molecule has 0 bridgehead atoms. The molecule has 0 heterocycles. The van der Waals surface area contributed by atoms with Crippen LogP contribution in [0.2, 0.25) is 0 Å². The van der Waals surface area contributed by atoms with E-state index in [1.54, 1.807) is 26.1 Å². The van der Waals surface area contributed by atoms with Crippen LogP contribution in [0.25, 0.3) is 0 Å². The van der Waals surface area contributed by atoms with Gasteiger partial charge in [0.05, 0.1) is 19.2 Å². The van der Waals surface area contributed by atoms with Crippen molar-refractivity contribution in [3.05, 3.63) is 29.8 Å². The minimum atomic E-state index is -1.40. The van der Waals surface area contributed by atoms with Crippen molar-refractivity contribution in [1.29, 1.82) is 0 Å². The molecule has 0 radical (unpaired) electrons. The Morgan fingerprint density at radius 3 is 2.07 bits per heavy atom. The standard InChI is InChI=1S/C28H47N9O7/c1-5-16(2)23(37-25(42)20(31-3)13-17-8-10-18(39)11-9-17)27(44)34-14-22(40)35-21(15-38)26(43)36-19(24(41)32-4)7-6-12-33-28(29)30/h8-11,16,19-21,23,31,38-39H,5-7,12-15H2,1-4H3,(H,32,41)(H,34,44)(H,35,40)(H,36,43)(H,37,42)(H4,29,30,33). The number of aliphatic hydroxyl groups is 1. The number of rotatable bonds is 19. The molecule has 12 N–H and O–H groups in total. The zero-order chi connectivity index (χ0) is 33.2. The first-order valence-electron chi connectivity index (χ1n) is 14.4. The topological polar surface area (TPSA) is 262 Å². The molecular formula is C28H47N9O7. The summed E-state index contributed by atoms with van der Waals surface area (Å²) in [4.78, 5) is 67.5. The monoisotopic (exact) mass is 621 g/mol. The highest BCUT2D eigenvalue weighted by molar-refractivity contribution is 5.94. The minimum absolute atomic E-state index is 0.103. The summed E-state index contributed by atoms with van der Waals surface area (Å²) in [5, 5.41) is 34.6. The van der Waals surface area contributed by atoms with Crippen LogP contribution >= 0.6 is 0 Å². The summed E-state index contributed by atoms with van der Waals surface area (Å²) in [5.74, 6) is -3.37. The number of likely N-dealkylation sites (N-methyl/N-ethyl adjacent to an activating group) is 2. The van der Waals surface area contributed by atoms with Crippen LogP contribution in [0.4, 0.5) is 0 Å². The number of nitrogens with two attached hydrogens (primary N) is 2. The lowest BCUT2D eigenvalue weighted by Crippen LogP contribution is -2.57. The van der Waals surface area contributed by atoms with E-state index in [9.17, 15) is 34.2 Å². The number of aliphatic imine (C=N–C) groups is 1. The van der Waals surface area contributed by atoms with Crippen molar-refractivity contribution in [3.63, 3.8) is 0 Å². The van der Waals surface area contributed by atoms with Crippen LogP contribution < -0.4 is 43.4 Å². The van der Waals surface area contributed by atoms with E-state index in [0.717, 1.165) is 5.56 Å². The van der Waals surface area contributed by atoms with Crippen molar-refractivity contribution in [3.8, 4) is 5.75 Å². The zero-order valence-electron chi connectivity index (χ0n) is 25.7. The molecule has 0 saturated heterocycles. The molecular weight excluding hydrogens is 574 g/mol. The maximum absolute atomic E-state index is 13.0. The van der Waals surface area contributed by atoms with E-state index in [4.69, 9.17) is 11.5 Å². The Morgan fingerprint density at radius 1 is 0.886 bits per heavy atom. The number of nitrogens with zero attached hydrogens (tertiary/aromatic N) is 1. The van der Waals surface area contributed by atoms with Crippen LogP contribution in [0, 0.1) is 5.92 Å². The quantitative estimate of drug-likeness (QED) is 0.0423. The molecule has 5 atom stereocenters. The third-order valence-corrected chi connectivity index (χ3v) is 6.92. The molecule has 1 aromatic carbocycles. The normalized spacial score (nSPS) is 14.1. The van der Waals surface area contributed by atoms with Gasteiger partial charge in [-0.3, -0.25) is 29.0 Å². The number of hydrogen-bond acceptors (Lipinski definition) is 9. The maximum atomic E-state index is 13.0. The number of phenols is 1. The molecule has 16 heteroatoms. The number of nitrogens with one attached hydrogen (secondary N) is 6. The fraction of sp³-hybridized carbons (Fsp3) is 0.571. The van der Waals surface area contributed by atoms with Gasteiger partial charge in [-0.25, -0.2) is 0 Å². The first-order chi connectivity index (χ1) is 20.9. The summed E-state index contributed by atoms with van der Waals surface area (Å²) in [6.07, 6.45) is 1.42. The lowest BCUT2D eigenvalue weighted by Gasteiger charge is -2.26.